The molecule has 23 heavy (non-hydrogen) atoms. The quantitative estimate of drug-likeness (QED) is 0.807. The van der Waals surface area contributed by atoms with E-state index in [0.717, 1.165) is 16.8 Å². The van der Waals surface area contributed by atoms with Gasteiger partial charge in [-0.15, -0.1) is 0 Å². The molecule has 0 radical (unpaired) electrons. The summed E-state index contributed by atoms with van der Waals surface area (Å²) in [7, 11) is 1.61. The first-order chi connectivity index (χ1) is 10.9. The summed E-state index contributed by atoms with van der Waals surface area (Å²) < 4.78 is 0. The van der Waals surface area contributed by atoms with Crippen LogP contribution in [0.5, 0.6) is 0 Å². The number of benzene rings is 1. The zero-order chi connectivity index (χ0) is 17.2. The van der Waals surface area contributed by atoms with Crippen molar-refractivity contribution in [2.45, 2.75) is 39.0 Å². The van der Waals surface area contributed by atoms with E-state index >= 15 is 0 Å². The molecule has 2 N–H and O–H groups in total. The monoisotopic (exact) mass is 334 g/mol. The number of halogens is 1. The average Bonchev–Trinajstić information content (AvgIpc) is 2.77. The number of fused-ring (bicyclic) bond motifs is 1. The minimum Gasteiger partial charge on any atom is -0.359 e. The Morgan fingerprint density at radius 1 is 1.43 bits per heavy atom. The summed E-state index contributed by atoms with van der Waals surface area (Å²) in [4.78, 5) is 24.7. The fraction of sp³-hybridized carbons (Fsp3) is 0.444. The fourth-order valence-corrected chi connectivity index (χ4v) is 3.69. The molecule has 0 aromatic heterocycles. The highest BCUT2D eigenvalue weighted by molar-refractivity contribution is 6.31. The van der Waals surface area contributed by atoms with Crippen LogP contribution in [0.25, 0.3) is 0 Å². The first kappa shape index (κ1) is 17.5. The normalized spacial score (nSPS) is 20.4. The Bertz CT molecular complexity index is 667. The summed E-state index contributed by atoms with van der Waals surface area (Å²) in [6.45, 7) is 6.08. The van der Waals surface area contributed by atoms with Crippen LogP contribution in [0.1, 0.15) is 39.2 Å². The summed E-state index contributed by atoms with van der Waals surface area (Å²) >= 11 is 6.06. The molecule has 0 saturated heterocycles. The predicted molar refractivity (Wildman–Crippen MR) is 93.7 cm³/mol. The van der Waals surface area contributed by atoms with Gasteiger partial charge in [0.2, 0.25) is 11.8 Å². The Hall–Kier alpha value is -1.81. The van der Waals surface area contributed by atoms with Gasteiger partial charge >= 0.3 is 0 Å². The molecule has 1 atom stereocenters. The zero-order valence-corrected chi connectivity index (χ0v) is 14.8. The van der Waals surface area contributed by atoms with Crippen LogP contribution in [0, 0.1) is 5.92 Å². The number of rotatable bonds is 5. The average molecular weight is 335 g/mol. The van der Waals surface area contributed by atoms with Gasteiger partial charge in [0.25, 0.3) is 0 Å². The van der Waals surface area contributed by atoms with Crippen LogP contribution < -0.4 is 10.6 Å². The molecule has 0 aliphatic carbocycles. The summed E-state index contributed by atoms with van der Waals surface area (Å²) in [6, 6.07) is 5.46. The van der Waals surface area contributed by atoms with E-state index in [4.69, 9.17) is 11.6 Å². The van der Waals surface area contributed by atoms with Gasteiger partial charge in [0.1, 0.15) is 0 Å². The molecule has 1 aliphatic rings. The van der Waals surface area contributed by atoms with Crippen molar-refractivity contribution in [1.29, 1.82) is 0 Å². The molecule has 1 aliphatic heterocycles. The van der Waals surface area contributed by atoms with E-state index in [1.165, 1.54) is 0 Å². The van der Waals surface area contributed by atoms with Gasteiger partial charge in [-0.05, 0) is 37.0 Å². The van der Waals surface area contributed by atoms with Crippen LogP contribution in [0.15, 0.2) is 29.8 Å². The van der Waals surface area contributed by atoms with Crippen molar-refractivity contribution < 1.29 is 9.59 Å². The van der Waals surface area contributed by atoms with Gasteiger partial charge in [-0.2, -0.15) is 0 Å². The molecule has 5 heteroatoms. The zero-order valence-electron chi connectivity index (χ0n) is 14.0. The van der Waals surface area contributed by atoms with Crippen molar-refractivity contribution >= 4 is 29.1 Å². The van der Waals surface area contributed by atoms with Crippen LogP contribution in [0.3, 0.4) is 0 Å². The smallest absolute Gasteiger partial charge is 0.239 e. The van der Waals surface area contributed by atoms with Crippen molar-refractivity contribution in [2.75, 3.05) is 12.4 Å². The van der Waals surface area contributed by atoms with Crippen LogP contribution in [-0.4, -0.2) is 18.9 Å². The molecule has 0 fully saturated rings. The molecule has 2 rings (SSSR count). The van der Waals surface area contributed by atoms with Crippen LogP contribution in [0.4, 0.5) is 5.69 Å². The maximum atomic E-state index is 12.9. The van der Waals surface area contributed by atoms with Crippen molar-refractivity contribution in [3.63, 3.8) is 0 Å². The number of anilines is 1. The highest BCUT2D eigenvalue weighted by atomic mass is 35.5. The molecular weight excluding hydrogens is 312 g/mol. The van der Waals surface area contributed by atoms with E-state index in [-0.39, 0.29) is 24.2 Å². The SMILES string of the molecule is C/C=C(\C(C)C)[C@]1(CCC(=O)NC)C(=O)Nc2cc(Cl)ccc21. The molecule has 1 heterocycles. The highest BCUT2D eigenvalue weighted by Crippen LogP contribution is 2.49. The molecule has 0 bridgehead atoms. The lowest BCUT2D eigenvalue weighted by Gasteiger charge is -2.33. The van der Waals surface area contributed by atoms with Gasteiger partial charge in [0.05, 0.1) is 5.41 Å². The van der Waals surface area contributed by atoms with Gasteiger partial charge in [-0.25, -0.2) is 0 Å². The minimum absolute atomic E-state index is 0.0706. The second-order valence-electron chi connectivity index (χ2n) is 6.12. The lowest BCUT2D eigenvalue weighted by atomic mass is 9.68. The number of amides is 2. The number of hydrogen-bond donors (Lipinski definition) is 2. The number of carbonyl (C=O) groups excluding carboxylic acids is 2. The maximum Gasteiger partial charge on any atom is 0.239 e. The van der Waals surface area contributed by atoms with E-state index in [1.807, 2.05) is 19.1 Å². The third kappa shape index (κ3) is 3.00. The number of hydrogen-bond acceptors (Lipinski definition) is 2. The molecule has 0 spiro atoms. The Morgan fingerprint density at radius 3 is 2.70 bits per heavy atom. The molecule has 1 aromatic rings. The lowest BCUT2D eigenvalue weighted by molar-refractivity contribution is -0.122. The summed E-state index contributed by atoms with van der Waals surface area (Å²) in [6.07, 6.45) is 2.72. The standard InChI is InChI=1S/C18H23ClN2O2/c1-5-13(11(2)3)18(9-8-16(22)20-4)14-7-6-12(19)10-15(14)21-17(18)23/h5-7,10-11H,8-9H2,1-4H3,(H,20,22)(H,21,23)/b13-5+/t18-/m0/s1. The largest absolute Gasteiger partial charge is 0.359 e. The molecule has 0 unspecified atom stereocenters. The second-order valence-corrected chi connectivity index (χ2v) is 6.56. The fourth-order valence-electron chi connectivity index (χ4n) is 3.52. The molecule has 1 aromatic carbocycles. The van der Waals surface area contributed by atoms with Gasteiger partial charge in [0, 0.05) is 24.2 Å². The van der Waals surface area contributed by atoms with Gasteiger partial charge < -0.3 is 10.6 Å². The minimum atomic E-state index is -0.810. The Morgan fingerprint density at radius 2 is 2.13 bits per heavy atom. The maximum absolute atomic E-state index is 12.9. The van der Waals surface area contributed by atoms with Crippen LogP contribution in [0.2, 0.25) is 5.02 Å². The topological polar surface area (TPSA) is 58.2 Å². The van der Waals surface area contributed by atoms with E-state index in [2.05, 4.69) is 24.5 Å². The van der Waals surface area contributed by atoms with Gasteiger partial charge in [-0.3, -0.25) is 9.59 Å². The van der Waals surface area contributed by atoms with E-state index < -0.39 is 5.41 Å². The first-order valence-electron chi connectivity index (χ1n) is 7.85. The van der Waals surface area contributed by atoms with E-state index in [0.29, 0.717) is 11.4 Å². The lowest BCUT2D eigenvalue weighted by Crippen LogP contribution is -2.39. The van der Waals surface area contributed by atoms with Crippen molar-refractivity contribution in [2.24, 2.45) is 5.92 Å². The Kier molecular flexibility index (Phi) is 5.15. The summed E-state index contributed by atoms with van der Waals surface area (Å²) in [5.74, 6) is 0.0383. The summed E-state index contributed by atoms with van der Waals surface area (Å²) in [5, 5.41) is 6.15. The first-order valence-corrected chi connectivity index (χ1v) is 8.23. The Balaban J connectivity index is 2.59. The molecule has 124 valence electrons. The molecule has 4 nitrogen and oxygen atoms in total. The Labute approximate surface area is 142 Å². The summed E-state index contributed by atoms with van der Waals surface area (Å²) in [5.41, 5.74) is 1.85. The highest BCUT2D eigenvalue weighted by Gasteiger charge is 2.49. The van der Waals surface area contributed by atoms with Crippen molar-refractivity contribution in [3.05, 3.63) is 40.4 Å². The molecule has 0 saturated carbocycles. The van der Waals surface area contributed by atoms with Gasteiger partial charge in [-0.1, -0.05) is 43.2 Å². The molecular formula is C18H23ClN2O2. The van der Waals surface area contributed by atoms with Crippen molar-refractivity contribution in [1.82, 2.24) is 5.32 Å². The van der Waals surface area contributed by atoms with E-state index in [1.54, 1.807) is 19.2 Å². The third-order valence-electron chi connectivity index (χ3n) is 4.51. The number of allylic oxidation sites excluding steroid dienone is 1. The van der Waals surface area contributed by atoms with E-state index in [9.17, 15) is 9.59 Å². The van der Waals surface area contributed by atoms with Crippen LogP contribution in [-0.2, 0) is 15.0 Å². The third-order valence-corrected chi connectivity index (χ3v) is 4.74. The van der Waals surface area contributed by atoms with Crippen molar-refractivity contribution in [3.8, 4) is 0 Å². The second kappa shape index (κ2) is 6.75. The molecule has 2 amide bonds. The predicted octanol–water partition coefficient (Wildman–Crippen LogP) is 3.66. The number of carbonyl (C=O) groups is 2. The van der Waals surface area contributed by atoms with Crippen LogP contribution >= 0.6 is 11.6 Å². The van der Waals surface area contributed by atoms with Gasteiger partial charge in [0.15, 0.2) is 0 Å². The number of nitrogens with one attached hydrogen (secondary N) is 2.